The monoisotopic (exact) mass is 344 g/mol. The van der Waals surface area contributed by atoms with Crippen LogP contribution in [0.1, 0.15) is 104 Å². The fourth-order valence-electron chi connectivity index (χ4n) is 3.32. The van der Waals surface area contributed by atoms with E-state index in [1.165, 1.54) is 102 Å². The number of unbranched alkanes of at least 4 members (excludes halogenated alkanes) is 12. The summed E-state index contributed by atoms with van der Waals surface area (Å²) in [5.74, 6) is 0. The molecule has 0 heterocycles. The molecule has 0 aliphatic carbocycles. The van der Waals surface area contributed by atoms with Crippen LogP contribution in [-0.4, -0.2) is 22.8 Å². The number of hydrogen-bond acceptors (Lipinski definition) is 2. The molecule has 0 aliphatic rings. The Labute approximate surface area is 148 Å². The van der Waals surface area contributed by atoms with Crippen molar-refractivity contribution in [3.05, 3.63) is 0 Å². The topological polar surface area (TPSA) is 18.5 Å². The van der Waals surface area contributed by atoms with Crippen LogP contribution in [0.2, 0.25) is 12.1 Å². The predicted octanol–water partition coefficient (Wildman–Crippen LogP) is 7.22. The molecule has 0 spiro atoms. The Bertz CT molecular complexity index is 230. The molecule has 140 valence electrons. The van der Waals surface area contributed by atoms with E-state index in [2.05, 4.69) is 13.8 Å². The minimum Gasteiger partial charge on any atom is -0.398 e. The minimum absolute atomic E-state index is 1.18. The molecular weight excluding hydrogens is 300 g/mol. The van der Waals surface area contributed by atoms with Gasteiger partial charge in [-0.1, -0.05) is 104 Å². The summed E-state index contributed by atoms with van der Waals surface area (Å²) >= 11 is 0. The first-order valence-corrected chi connectivity index (χ1v) is 12.6. The van der Waals surface area contributed by atoms with E-state index in [0.717, 1.165) is 0 Å². The second-order valence-corrected chi connectivity index (χ2v) is 10.7. The fraction of sp³-hybridized carbons (Fsp3) is 1.00. The van der Waals surface area contributed by atoms with Crippen molar-refractivity contribution in [3.63, 3.8) is 0 Å². The Morgan fingerprint density at radius 2 is 0.783 bits per heavy atom. The lowest BCUT2D eigenvalue weighted by Gasteiger charge is -2.27. The van der Waals surface area contributed by atoms with Crippen LogP contribution < -0.4 is 0 Å². The van der Waals surface area contributed by atoms with Gasteiger partial charge in [0.25, 0.3) is 0 Å². The Balaban J connectivity index is 3.69. The molecule has 0 saturated heterocycles. The van der Waals surface area contributed by atoms with Gasteiger partial charge in [0, 0.05) is 14.2 Å². The highest BCUT2D eigenvalue weighted by Crippen LogP contribution is 2.25. The van der Waals surface area contributed by atoms with Crippen LogP contribution in [0.25, 0.3) is 0 Å². The van der Waals surface area contributed by atoms with Crippen molar-refractivity contribution in [2.75, 3.05) is 14.2 Å². The van der Waals surface area contributed by atoms with Crippen LogP contribution in [0.4, 0.5) is 0 Å². The highest BCUT2D eigenvalue weighted by molar-refractivity contribution is 6.67. The van der Waals surface area contributed by atoms with Crippen LogP contribution >= 0.6 is 0 Å². The maximum absolute atomic E-state index is 5.88. The summed E-state index contributed by atoms with van der Waals surface area (Å²) < 4.78 is 11.8. The lowest BCUT2D eigenvalue weighted by Crippen LogP contribution is -2.39. The molecule has 2 nitrogen and oxygen atoms in total. The maximum Gasteiger partial charge on any atom is 0.337 e. The Morgan fingerprint density at radius 3 is 1.09 bits per heavy atom. The molecule has 0 atom stereocenters. The van der Waals surface area contributed by atoms with Crippen LogP contribution in [0.15, 0.2) is 0 Å². The third-order valence-electron chi connectivity index (χ3n) is 5.07. The van der Waals surface area contributed by atoms with Gasteiger partial charge in [-0.2, -0.15) is 0 Å². The van der Waals surface area contributed by atoms with Crippen LogP contribution in [0, 0.1) is 0 Å². The molecule has 0 bridgehead atoms. The molecule has 23 heavy (non-hydrogen) atoms. The van der Waals surface area contributed by atoms with Gasteiger partial charge in [-0.05, 0) is 12.1 Å². The van der Waals surface area contributed by atoms with E-state index in [1.807, 2.05) is 14.2 Å². The first-order chi connectivity index (χ1) is 11.2. The zero-order valence-corrected chi connectivity index (χ0v) is 17.6. The second-order valence-electron chi connectivity index (χ2n) is 7.06. The van der Waals surface area contributed by atoms with Gasteiger partial charge in [-0.3, -0.25) is 0 Å². The lowest BCUT2D eigenvalue weighted by atomic mass is 10.1. The first kappa shape index (κ1) is 23.1. The molecular formula is C20H44O2Si. The quantitative estimate of drug-likeness (QED) is 0.193. The maximum atomic E-state index is 5.88. The van der Waals surface area contributed by atoms with Gasteiger partial charge in [0.1, 0.15) is 0 Å². The van der Waals surface area contributed by atoms with Gasteiger partial charge < -0.3 is 8.85 Å². The van der Waals surface area contributed by atoms with Crippen molar-refractivity contribution < 1.29 is 8.85 Å². The molecule has 3 heteroatoms. The molecule has 0 rings (SSSR count). The first-order valence-electron chi connectivity index (χ1n) is 10.3. The number of hydrogen-bond donors (Lipinski definition) is 0. The average Bonchev–Trinajstić information content (AvgIpc) is 2.58. The SMILES string of the molecule is CCCCCCCCCCC[Si](CCCCCCC)(OC)OC. The van der Waals surface area contributed by atoms with Gasteiger partial charge in [-0.25, -0.2) is 0 Å². The Kier molecular flexibility index (Phi) is 17.1. The molecule has 0 N–H and O–H groups in total. The molecule has 0 aromatic rings. The molecule has 0 amide bonds. The molecule has 0 saturated carbocycles. The number of rotatable bonds is 18. The summed E-state index contributed by atoms with van der Waals surface area (Å²) in [7, 11) is 1.85. The summed E-state index contributed by atoms with van der Waals surface area (Å²) in [4.78, 5) is 0. The standard InChI is InChI=1S/C20H44O2Si/c1-5-7-9-11-12-13-14-16-18-20-23(21-3,22-4)19-17-15-10-8-6-2/h5-20H2,1-4H3. The normalized spacial score (nSPS) is 12.0. The predicted molar refractivity (Wildman–Crippen MR) is 105 cm³/mol. The van der Waals surface area contributed by atoms with Crippen molar-refractivity contribution in [3.8, 4) is 0 Å². The summed E-state index contributed by atoms with van der Waals surface area (Å²) in [5, 5.41) is 0. The van der Waals surface area contributed by atoms with Gasteiger partial charge >= 0.3 is 8.56 Å². The van der Waals surface area contributed by atoms with Crippen LogP contribution in [-0.2, 0) is 8.85 Å². The van der Waals surface area contributed by atoms with Crippen molar-refractivity contribution in [2.24, 2.45) is 0 Å². The van der Waals surface area contributed by atoms with Crippen molar-refractivity contribution >= 4 is 8.56 Å². The summed E-state index contributed by atoms with van der Waals surface area (Å²) in [6.45, 7) is 4.55. The molecule has 0 fully saturated rings. The van der Waals surface area contributed by atoms with E-state index in [4.69, 9.17) is 8.85 Å². The van der Waals surface area contributed by atoms with Gasteiger partial charge in [0.2, 0.25) is 0 Å². The molecule has 0 radical (unpaired) electrons. The third-order valence-corrected chi connectivity index (χ3v) is 8.79. The van der Waals surface area contributed by atoms with Crippen molar-refractivity contribution in [2.45, 2.75) is 116 Å². The van der Waals surface area contributed by atoms with E-state index in [1.54, 1.807) is 0 Å². The zero-order valence-electron chi connectivity index (χ0n) is 16.6. The fourth-order valence-corrected chi connectivity index (χ4v) is 6.13. The lowest BCUT2D eigenvalue weighted by molar-refractivity contribution is 0.238. The summed E-state index contributed by atoms with van der Waals surface area (Å²) in [6.07, 6.45) is 19.2. The third kappa shape index (κ3) is 13.1. The Hall–Kier alpha value is 0.137. The highest BCUT2D eigenvalue weighted by Gasteiger charge is 2.33. The molecule has 0 aliphatic heterocycles. The van der Waals surface area contributed by atoms with Crippen LogP contribution in [0.5, 0.6) is 0 Å². The van der Waals surface area contributed by atoms with Gasteiger partial charge in [0.15, 0.2) is 0 Å². The van der Waals surface area contributed by atoms with E-state index >= 15 is 0 Å². The molecule has 0 aromatic heterocycles. The largest absolute Gasteiger partial charge is 0.398 e. The Morgan fingerprint density at radius 1 is 0.478 bits per heavy atom. The summed E-state index contributed by atoms with van der Waals surface area (Å²) in [6, 6.07) is 2.37. The van der Waals surface area contributed by atoms with E-state index in [-0.39, 0.29) is 0 Å². The molecule has 0 unspecified atom stereocenters. The van der Waals surface area contributed by atoms with E-state index in [0.29, 0.717) is 0 Å². The van der Waals surface area contributed by atoms with E-state index < -0.39 is 8.56 Å². The summed E-state index contributed by atoms with van der Waals surface area (Å²) in [5.41, 5.74) is 0. The zero-order chi connectivity index (χ0) is 17.2. The average molecular weight is 345 g/mol. The second kappa shape index (κ2) is 17.0. The van der Waals surface area contributed by atoms with Crippen molar-refractivity contribution in [1.82, 2.24) is 0 Å². The van der Waals surface area contributed by atoms with E-state index in [9.17, 15) is 0 Å². The highest BCUT2D eigenvalue weighted by atomic mass is 28.4. The van der Waals surface area contributed by atoms with Gasteiger partial charge in [-0.15, -0.1) is 0 Å². The smallest absolute Gasteiger partial charge is 0.337 e. The van der Waals surface area contributed by atoms with Crippen molar-refractivity contribution in [1.29, 1.82) is 0 Å². The van der Waals surface area contributed by atoms with Crippen LogP contribution in [0.3, 0.4) is 0 Å². The minimum atomic E-state index is -1.89. The molecule has 0 aromatic carbocycles. The van der Waals surface area contributed by atoms with Gasteiger partial charge in [0.05, 0.1) is 0 Å².